The van der Waals surface area contributed by atoms with Crippen LogP contribution >= 0.6 is 7.82 Å². The topological polar surface area (TPSA) is 114 Å². The average Bonchev–Trinajstić information content (AvgIpc) is 3.28. The highest BCUT2D eigenvalue weighted by atomic mass is 31.2. The Morgan fingerprint density at radius 2 is 0.866 bits per heavy atom. The number of rotatable bonds is 52. The molecule has 0 saturated carbocycles. The van der Waals surface area contributed by atoms with E-state index in [0.29, 0.717) is 17.4 Å². The van der Waals surface area contributed by atoms with Crippen molar-refractivity contribution in [2.24, 2.45) is 0 Å². The van der Waals surface area contributed by atoms with Crippen molar-refractivity contribution in [3.8, 4) is 0 Å². The van der Waals surface area contributed by atoms with Crippen molar-refractivity contribution in [2.45, 2.75) is 290 Å². The number of likely N-dealkylation sites (N-methyl/N-ethyl adjacent to an activating group) is 1. The van der Waals surface area contributed by atoms with E-state index in [4.69, 9.17) is 13.8 Å². The molecular formula is C57H111N2O7P. The van der Waals surface area contributed by atoms with Gasteiger partial charge >= 0.3 is 5.97 Å². The van der Waals surface area contributed by atoms with Crippen molar-refractivity contribution in [3.63, 3.8) is 0 Å². The number of hydrogen-bond acceptors (Lipinski definition) is 7. The number of ether oxygens (including phenoxy) is 1. The number of allylic oxidation sites excluding steroid dienone is 3. The molecule has 0 rings (SSSR count). The number of nitrogens with one attached hydrogen (secondary N) is 1. The first-order chi connectivity index (χ1) is 32.4. The van der Waals surface area contributed by atoms with Gasteiger partial charge < -0.3 is 28.5 Å². The van der Waals surface area contributed by atoms with E-state index in [1.807, 2.05) is 33.3 Å². The second-order valence-corrected chi connectivity index (χ2v) is 22.2. The zero-order valence-electron chi connectivity index (χ0n) is 45.1. The molecule has 9 nitrogen and oxygen atoms in total. The highest BCUT2D eigenvalue weighted by molar-refractivity contribution is 7.45. The van der Waals surface area contributed by atoms with E-state index in [9.17, 15) is 19.0 Å². The standard InChI is InChI=1S/C57H111N2O7P/c1-7-10-13-16-19-22-25-27-28-29-30-32-35-38-41-44-47-50-57(61)66-55(48-45-42-39-36-33-24-21-18-15-12-9-3)54(53-65-67(62,63)64-52-51-59(4,5)6)58-56(60)49-46-43-40-37-34-31-26-23-20-17-14-11-8-2/h31,34,45,48,54-55H,7-30,32-33,35-44,46-47,49-53H2,1-6H3,(H-,58,60,62,63)/b34-31-,48-45+. The lowest BCUT2D eigenvalue weighted by Gasteiger charge is -2.30. The van der Waals surface area contributed by atoms with Gasteiger partial charge in [0, 0.05) is 12.8 Å². The van der Waals surface area contributed by atoms with Gasteiger partial charge in [0.1, 0.15) is 19.3 Å². The van der Waals surface area contributed by atoms with Gasteiger partial charge in [0.25, 0.3) is 7.82 Å². The molecular weight excluding hydrogens is 856 g/mol. The Bertz CT molecular complexity index is 1210. The smallest absolute Gasteiger partial charge is 0.306 e. The number of esters is 1. The summed E-state index contributed by atoms with van der Waals surface area (Å²) in [5.41, 5.74) is 0. The number of amides is 1. The third kappa shape index (κ3) is 49.3. The fraction of sp³-hybridized carbons (Fsp3) is 0.895. The van der Waals surface area contributed by atoms with Crippen LogP contribution in [0.25, 0.3) is 0 Å². The number of carbonyl (C=O) groups excluding carboxylic acids is 2. The first-order valence-electron chi connectivity index (χ1n) is 28.6. The summed E-state index contributed by atoms with van der Waals surface area (Å²) in [5, 5.41) is 3.01. The van der Waals surface area contributed by atoms with Crippen LogP contribution in [0, 0.1) is 0 Å². The van der Waals surface area contributed by atoms with Crippen molar-refractivity contribution in [2.75, 3.05) is 40.9 Å². The lowest BCUT2D eigenvalue weighted by atomic mass is 10.0. The number of quaternary nitrogens is 1. The predicted octanol–water partition coefficient (Wildman–Crippen LogP) is 16.4. The highest BCUT2D eigenvalue weighted by Crippen LogP contribution is 2.38. The minimum atomic E-state index is -4.69. The van der Waals surface area contributed by atoms with Crippen molar-refractivity contribution >= 4 is 19.7 Å². The van der Waals surface area contributed by atoms with Gasteiger partial charge in [-0.25, -0.2) is 0 Å². The van der Waals surface area contributed by atoms with Crippen LogP contribution in [0.5, 0.6) is 0 Å². The van der Waals surface area contributed by atoms with Crippen LogP contribution in [0.3, 0.4) is 0 Å². The molecule has 1 amide bonds. The van der Waals surface area contributed by atoms with E-state index >= 15 is 0 Å². The normalized spacial score (nSPS) is 14.0. The molecule has 0 aromatic rings. The Hall–Kier alpha value is -1.51. The average molecular weight is 967 g/mol. The van der Waals surface area contributed by atoms with Gasteiger partial charge in [-0.05, 0) is 57.4 Å². The van der Waals surface area contributed by atoms with Crippen LogP contribution in [-0.2, 0) is 27.9 Å². The maximum Gasteiger partial charge on any atom is 0.306 e. The summed E-state index contributed by atoms with van der Waals surface area (Å²) in [6.45, 7) is 6.84. The summed E-state index contributed by atoms with van der Waals surface area (Å²) in [6, 6.07) is -0.888. The molecule has 0 aliphatic carbocycles. The molecule has 10 heteroatoms. The van der Waals surface area contributed by atoms with Gasteiger partial charge in [-0.2, -0.15) is 0 Å². The van der Waals surface area contributed by atoms with E-state index in [0.717, 1.165) is 70.6 Å². The first kappa shape index (κ1) is 65.5. The van der Waals surface area contributed by atoms with Crippen LogP contribution in [-0.4, -0.2) is 69.4 Å². The Balaban J connectivity index is 5.30. The van der Waals surface area contributed by atoms with Crippen LogP contribution in [0.1, 0.15) is 278 Å². The molecule has 1 N–H and O–H groups in total. The summed E-state index contributed by atoms with van der Waals surface area (Å²) < 4.78 is 30.2. The highest BCUT2D eigenvalue weighted by Gasteiger charge is 2.27. The van der Waals surface area contributed by atoms with Crippen molar-refractivity contribution in [3.05, 3.63) is 24.3 Å². The van der Waals surface area contributed by atoms with Crippen molar-refractivity contribution < 1.29 is 37.3 Å². The third-order valence-electron chi connectivity index (χ3n) is 12.9. The molecule has 396 valence electrons. The molecule has 0 spiro atoms. The molecule has 0 saturated heterocycles. The minimum absolute atomic E-state index is 0.0219. The summed E-state index contributed by atoms with van der Waals surface area (Å²) in [4.78, 5) is 39.8. The predicted molar refractivity (Wildman–Crippen MR) is 284 cm³/mol. The Kier molecular flexibility index (Phi) is 47.0. The van der Waals surface area contributed by atoms with Gasteiger partial charge in [-0.3, -0.25) is 14.2 Å². The maximum atomic E-state index is 13.4. The quantitative estimate of drug-likeness (QED) is 0.0212. The number of phosphoric acid groups is 1. The zero-order valence-corrected chi connectivity index (χ0v) is 46.0. The van der Waals surface area contributed by atoms with Crippen LogP contribution < -0.4 is 10.2 Å². The molecule has 0 radical (unpaired) electrons. The second kappa shape index (κ2) is 48.1. The molecule has 0 aromatic carbocycles. The van der Waals surface area contributed by atoms with Gasteiger partial charge in [-0.1, -0.05) is 232 Å². The largest absolute Gasteiger partial charge is 0.756 e. The number of hydrogen-bond donors (Lipinski definition) is 1. The van der Waals surface area contributed by atoms with Crippen LogP contribution in [0.2, 0.25) is 0 Å². The monoisotopic (exact) mass is 967 g/mol. The molecule has 0 aromatic heterocycles. The van der Waals surface area contributed by atoms with E-state index < -0.39 is 20.0 Å². The zero-order chi connectivity index (χ0) is 49.4. The fourth-order valence-electron chi connectivity index (χ4n) is 8.40. The van der Waals surface area contributed by atoms with E-state index in [-0.39, 0.29) is 31.5 Å². The molecule has 0 bridgehead atoms. The van der Waals surface area contributed by atoms with Crippen molar-refractivity contribution in [1.82, 2.24) is 5.32 Å². The molecule has 0 aliphatic heterocycles. The molecule has 0 fully saturated rings. The SMILES string of the molecule is CCCCCCCC/C=C\CCCCCC(=O)NC(COP(=O)([O-])OCC[N+](C)(C)C)C(/C=C/CCCCCCCCCCC)OC(=O)CCCCCCCCCCCCCCCCCCC. The molecule has 0 heterocycles. The van der Waals surface area contributed by atoms with Gasteiger partial charge in [0.15, 0.2) is 0 Å². The molecule has 3 atom stereocenters. The number of unbranched alkanes of at least 4 members (excludes halogenated alkanes) is 34. The lowest BCUT2D eigenvalue weighted by molar-refractivity contribution is -0.870. The van der Waals surface area contributed by atoms with Gasteiger partial charge in [0.2, 0.25) is 5.91 Å². The second-order valence-electron chi connectivity index (χ2n) is 20.8. The molecule has 67 heavy (non-hydrogen) atoms. The Morgan fingerprint density at radius 3 is 1.28 bits per heavy atom. The third-order valence-corrected chi connectivity index (χ3v) is 13.8. The fourth-order valence-corrected chi connectivity index (χ4v) is 9.12. The number of nitrogens with zero attached hydrogens (tertiary/aromatic N) is 1. The molecule has 0 aliphatic rings. The summed E-state index contributed by atoms with van der Waals surface area (Å²) in [7, 11) is 1.19. The van der Waals surface area contributed by atoms with Crippen LogP contribution in [0.15, 0.2) is 24.3 Å². The summed E-state index contributed by atoms with van der Waals surface area (Å²) in [5.74, 6) is -0.549. The first-order valence-corrected chi connectivity index (χ1v) is 30.1. The number of carbonyl (C=O) groups is 2. The minimum Gasteiger partial charge on any atom is -0.756 e. The van der Waals surface area contributed by atoms with E-state index in [1.54, 1.807) is 0 Å². The lowest BCUT2D eigenvalue weighted by Crippen LogP contribution is -2.47. The van der Waals surface area contributed by atoms with Gasteiger partial charge in [-0.15, -0.1) is 0 Å². The number of phosphoric ester groups is 1. The van der Waals surface area contributed by atoms with E-state index in [1.165, 1.54) is 173 Å². The van der Waals surface area contributed by atoms with Gasteiger partial charge in [0.05, 0.1) is 33.8 Å². The molecule has 3 unspecified atom stereocenters. The summed E-state index contributed by atoms with van der Waals surface area (Å²) in [6.07, 6.45) is 54.3. The summed E-state index contributed by atoms with van der Waals surface area (Å²) >= 11 is 0. The van der Waals surface area contributed by atoms with Crippen molar-refractivity contribution in [1.29, 1.82) is 0 Å². The Labute approximate surface area is 415 Å². The van der Waals surface area contributed by atoms with E-state index in [2.05, 4.69) is 38.2 Å². The maximum absolute atomic E-state index is 13.4. The Morgan fingerprint density at radius 1 is 0.507 bits per heavy atom. The van der Waals surface area contributed by atoms with Crippen LogP contribution in [0.4, 0.5) is 0 Å².